The fraction of sp³-hybridized carbons (Fsp3) is 0.556. The number of nitrogens with zero attached hydrogens (tertiary/aromatic N) is 3. The molecule has 1 atom stereocenters. The SMILES string of the molecule is FC(F)(F)C1CCCN1c1cncnc1. The maximum absolute atomic E-state index is 12.6. The molecule has 0 saturated carbocycles. The van der Waals surface area contributed by atoms with Crippen molar-refractivity contribution in [2.24, 2.45) is 0 Å². The molecule has 6 heteroatoms. The zero-order chi connectivity index (χ0) is 10.9. The Bertz CT molecular complexity index is 325. The standard InChI is InChI=1S/C9H10F3N3/c10-9(11,12)8-2-1-3-15(8)7-4-13-6-14-5-7/h4-6,8H,1-3H2. The molecule has 1 unspecified atom stereocenters. The summed E-state index contributed by atoms with van der Waals surface area (Å²) in [6, 6.07) is -1.39. The molecule has 0 spiro atoms. The first-order valence-corrected chi connectivity index (χ1v) is 4.67. The van der Waals surface area contributed by atoms with Crippen LogP contribution in [0.4, 0.5) is 18.9 Å². The monoisotopic (exact) mass is 217 g/mol. The molecule has 0 radical (unpaired) electrons. The fourth-order valence-corrected chi connectivity index (χ4v) is 1.86. The van der Waals surface area contributed by atoms with Crippen LogP contribution in [0.1, 0.15) is 12.8 Å². The highest BCUT2D eigenvalue weighted by molar-refractivity contribution is 5.44. The second kappa shape index (κ2) is 3.67. The normalized spacial score (nSPS) is 22.1. The Morgan fingerprint density at radius 1 is 1.27 bits per heavy atom. The third-order valence-electron chi connectivity index (χ3n) is 2.51. The smallest absolute Gasteiger partial charge is 0.357 e. The third-order valence-corrected chi connectivity index (χ3v) is 2.51. The molecule has 0 amide bonds. The van der Waals surface area contributed by atoms with Crippen LogP contribution in [0.3, 0.4) is 0 Å². The topological polar surface area (TPSA) is 29.0 Å². The van der Waals surface area contributed by atoms with Crippen LogP contribution in [0, 0.1) is 0 Å². The molecule has 1 aliphatic heterocycles. The van der Waals surface area contributed by atoms with Crippen LogP contribution in [0.15, 0.2) is 18.7 Å². The van der Waals surface area contributed by atoms with Crippen molar-refractivity contribution < 1.29 is 13.2 Å². The van der Waals surface area contributed by atoms with Gasteiger partial charge in [-0.3, -0.25) is 0 Å². The summed E-state index contributed by atoms with van der Waals surface area (Å²) in [7, 11) is 0. The van der Waals surface area contributed by atoms with E-state index in [4.69, 9.17) is 0 Å². The molecule has 1 saturated heterocycles. The summed E-state index contributed by atoms with van der Waals surface area (Å²) in [5, 5.41) is 0. The highest BCUT2D eigenvalue weighted by atomic mass is 19.4. The second-order valence-corrected chi connectivity index (χ2v) is 3.49. The number of halogens is 3. The van der Waals surface area contributed by atoms with Gasteiger partial charge >= 0.3 is 6.18 Å². The van der Waals surface area contributed by atoms with Gasteiger partial charge in [-0.15, -0.1) is 0 Å². The van der Waals surface area contributed by atoms with Crippen molar-refractivity contribution in [3.05, 3.63) is 18.7 Å². The van der Waals surface area contributed by atoms with Crippen LogP contribution in [-0.2, 0) is 0 Å². The van der Waals surface area contributed by atoms with Gasteiger partial charge in [0.25, 0.3) is 0 Å². The van der Waals surface area contributed by atoms with E-state index in [1.807, 2.05) is 0 Å². The number of hydrogen-bond donors (Lipinski definition) is 0. The van der Waals surface area contributed by atoms with E-state index in [9.17, 15) is 13.2 Å². The van der Waals surface area contributed by atoms with Crippen molar-refractivity contribution in [1.82, 2.24) is 9.97 Å². The van der Waals surface area contributed by atoms with Crippen LogP contribution in [0.2, 0.25) is 0 Å². The Morgan fingerprint density at radius 3 is 2.53 bits per heavy atom. The van der Waals surface area contributed by atoms with Crippen LogP contribution < -0.4 is 4.90 Å². The summed E-state index contributed by atoms with van der Waals surface area (Å²) in [6.45, 7) is 0.414. The van der Waals surface area contributed by atoms with Crippen molar-refractivity contribution >= 4 is 5.69 Å². The highest BCUT2D eigenvalue weighted by Crippen LogP contribution is 2.35. The average Bonchev–Trinajstić information content (AvgIpc) is 2.67. The van der Waals surface area contributed by atoms with Crippen molar-refractivity contribution in [3.8, 4) is 0 Å². The Hall–Kier alpha value is -1.33. The number of alkyl halides is 3. The van der Waals surface area contributed by atoms with Crippen molar-refractivity contribution in [1.29, 1.82) is 0 Å². The van der Waals surface area contributed by atoms with Crippen molar-refractivity contribution in [2.45, 2.75) is 25.1 Å². The maximum atomic E-state index is 12.6. The van der Waals surface area contributed by atoms with Crippen molar-refractivity contribution in [2.75, 3.05) is 11.4 Å². The maximum Gasteiger partial charge on any atom is 0.408 e. The summed E-state index contributed by atoms with van der Waals surface area (Å²) in [6.07, 6.45) is 0.667. The molecule has 82 valence electrons. The van der Waals surface area contributed by atoms with Gasteiger partial charge in [-0.05, 0) is 12.8 Å². The average molecular weight is 217 g/mol. The van der Waals surface area contributed by atoms with Crippen LogP contribution in [0.25, 0.3) is 0 Å². The Morgan fingerprint density at radius 2 is 1.93 bits per heavy atom. The van der Waals surface area contributed by atoms with Gasteiger partial charge in [0.2, 0.25) is 0 Å². The van der Waals surface area contributed by atoms with Gasteiger partial charge in [0.15, 0.2) is 0 Å². The lowest BCUT2D eigenvalue weighted by molar-refractivity contribution is -0.145. The van der Waals surface area contributed by atoms with E-state index in [-0.39, 0.29) is 6.42 Å². The van der Waals surface area contributed by atoms with Gasteiger partial charge in [0.1, 0.15) is 12.4 Å². The molecule has 1 aromatic heterocycles. The molecular formula is C9H10F3N3. The molecule has 0 aliphatic carbocycles. The van der Waals surface area contributed by atoms with Gasteiger partial charge < -0.3 is 4.90 Å². The van der Waals surface area contributed by atoms with Crippen LogP contribution in [-0.4, -0.2) is 28.7 Å². The van der Waals surface area contributed by atoms with E-state index in [1.165, 1.54) is 23.6 Å². The molecule has 1 aliphatic rings. The lowest BCUT2D eigenvalue weighted by Gasteiger charge is -2.27. The van der Waals surface area contributed by atoms with Gasteiger partial charge in [-0.2, -0.15) is 13.2 Å². The third kappa shape index (κ3) is 2.03. The molecule has 0 N–H and O–H groups in total. The van der Waals surface area contributed by atoms with E-state index < -0.39 is 12.2 Å². The van der Waals surface area contributed by atoms with Gasteiger partial charge in [-0.25, -0.2) is 9.97 Å². The van der Waals surface area contributed by atoms with E-state index >= 15 is 0 Å². The molecule has 3 nitrogen and oxygen atoms in total. The number of aromatic nitrogens is 2. The molecule has 0 bridgehead atoms. The summed E-state index contributed by atoms with van der Waals surface area (Å²) in [4.78, 5) is 8.77. The molecule has 1 fully saturated rings. The van der Waals surface area contributed by atoms with E-state index in [0.29, 0.717) is 18.7 Å². The Labute approximate surface area is 84.9 Å². The van der Waals surface area contributed by atoms with E-state index in [0.717, 1.165) is 0 Å². The van der Waals surface area contributed by atoms with E-state index in [1.54, 1.807) is 0 Å². The van der Waals surface area contributed by atoms with Crippen LogP contribution >= 0.6 is 0 Å². The van der Waals surface area contributed by atoms with E-state index in [2.05, 4.69) is 9.97 Å². The zero-order valence-corrected chi connectivity index (χ0v) is 7.91. The molecule has 2 heterocycles. The molecular weight excluding hydrogens is 207 g/mol. The minimum absolute atomic E-state index is 0.151. The predicted octanol–water partition coefficient (Wildman–Crippen LogP) is 2.01. The largest absolute Gasteiger partial charge is 0.408 e. The van der Waals surface area contributed by atoms with Gasteiger partial charge in [0, 0.05) is 6.54 Å². The highest BCUT2D eigenvalue weighted by Gasteiger charge is 2.46. The van der Waals surface area contributed by atoms with Gasteiger partial charge in [-0.1, -0.05) is 0 Å². The number of rotatable bonds is 1. The Balaban J connectivity index is 2.23. The second-order valence-electron chi connectivity index (χ2n) is 3.49. The quantitative estimate of drug-likeness (QED) is 0.720. The van der Waals surface area contributed by atoms with Gasteiger partial charge in [0.05, 0.1) is 18.1 Å². The van der Waals surface area contributed by atoms with Crippen molar-refractivity contribution in [3.63, 3.8) is 0 Å². The number of anilines is 1. The Kier molecular flexibility index (Phi) is 2.50. The minimum atomic E-state index is -4.17. The first kappa shape index (κ1) is 10.2. The lowest BCUT2D eigenvalue weighted by atomic mass is 10.2. The summed E-state index contributed by atoms with van der Waals surface area (Å²) >= 11 is 0. The predicted molar refractivity (Wildman–Crippen MR) is 48.5 cm³/mol. The fourth-order valence-electron chi connectivity index (χ4n) is 1.86. The van der Waals surface area contributed by atoms with Crippen LogP contribution in [0.5, 0.6) is 0 Å². The summed E-state index contributed by atoms with van der Waals surface area (Å²) in [5.74, 6) is 0. The molecule has 15 heavy (non-hydrogen) atoms. The minimum Gasteiger partial charge on any atom is -0.357 e. The molecule has 2 rings (SSSR count). The summed E-state index contributed by atoms with van der Waals surface area (Å²) < 4.78 is 37.8. The lowest BCUT2D eigenvalue weighted by Crippen LogP contribution is -2.41. The zero-order valence-electron chi connectivity index (χ0n) is 7.91. The molecule has 0 aromatic carbocycles. The summed E-state index contributed by atoms with van der Waals surface area (Å²) in [5.41, 5.74) is 0.442. The first-order valence-electron chi connectivity index (χ1n) is 4.67. The first-order chi connectivity index (χ1) is 7.09. The number of hydrogen-bond acceptors (Lipinski definition) is 3. The molecule has 1 aromatic rings.